The highest BCUT2D eigenvalue weighted by Gasteiger charge is 2.36. The van der Waals surface area contributed by atoms with E-state index in [0.717, 1.165) is 22.4 Å². The van der Waals surface area contributed by atoms with E-state index in [-0.39, 0.29) is 23.8 Å². The normalized spacial score (nSPS) is 15.7. The summed E-state index contributed by atoms with van der Waals surface area (Å²) in [4.78, 5) is 27.2. The Morgan fingerprint density at radius 3 is 2.61 bits per heavy atom. The predicted octanol–water partition coefficient (Wildman–Crippen LogP) is 5.10. The molecule has 1 heterocycles. The van der Waals surface area contributed by atoms with Crippen LogP contribution in [0, 0.1) is 13.8 Å². The molecule has 0 saturated carbocycles. The zero-order valence-electron chi connectivity index (χ0n) is 17.5. The largest absolute Gasteiger partial charge is 0.484 e. The number of nitrogens with one attached hydrogen (secondary N) is 1. The summed E-state index contributed by atoms with van der Waals surface area (Å²) in [6, 6.07) is 23.0. The van der Waals surface area contributed by atoms with Gasteiger partial charge in [0.1, 0.15) is 11.1 Å². The van der Waals surface area contributed by atoms with E-state index in [1.165, 1.54) is 0 Å². The van der Waals surface area contributed by atoms with Crippen LogP contribution in [0.15, 0.2) is 72.8 Å². The van der Waals surface area contributed by atoms with E-state index in [2.05, 4.69) is 5.32 Å². The number of nitrogens with zero attached hydrogens (tertiary/aromatic N) is 1. The van der Waals surface area contributed by atoms with E-state index < -0.39 is 0 Å². The lowest BCUT2D eigenvalue weighted by atomic mass is 10.1. The Kier molecular flexibility index (Phi) is 6.28. The number of benzene rings is 3. The van der Waals surface area contributed by atoms with Crippen LogP contribution in [0.25, 0.3) is 0 Å². The highest BCUT2D eigenvalue weighted by molar-refractivity contribution is 8.00. The van der Waals surface area contributed by atoms with Gasteiger partial charge in [-0.3, -0.25) is 14.5 Å². The number of amides is 2. The van der Waals surface area contributed by atoms with Crippen molar-refractivity contribution >= 4 is 35.0 Å². The molecule has 2 amide bonds. The monoisotopic (exact) mass is 432 g/mol. The number of thioether (sulfide) groups is 1. The zero-order valence-corrected chi connectivity index (χ0v) is 18.3. The van der Waals surface area contributed by atoms with Gasteiger partial charge in [-0.05, 0) is 49.2 Å². The van der Waals surface area contributed by atoms with Gasteiger partial charge in [0.05, 0.1) is 5.75 Å². The highest BCUT2D eigenvalue weighted by Crippen LogP contribution is 2.45. The highest BCUT2D eigenvalue weighted by atomic mass is 32.2. The van der Waals surface area contributed by atoms with Crippen LogP contribution < -0.4 is 15.0 Å². The minimum atomic E-state index is -0.246. The fourth-order valence-corrected chi connectivity index (χ4v) is 4.78. The Morgan fingerprint density at radius 1 is 1.06 bits per heavy atom. The molecule has 1 aliphatic heterocycles. The van der Waals surface area contributed by atoms with Gasteiger partial charge in [0.15, 0.2) is 6.61 Å². The first-order valence-corrected chi connectivity index (χ1v) is 11.2. The number of hydrogen-bond donors (Lipinski definition) is 1. The number of carbonyl (C=O) groups excluding carboxylic acids is 2. The van der Waals surface area contributed by atoms with Crippen molar-refractivity contribution in [1.82, 2.24) is 0 Å². The molecule has 0 spiro atoms. The van der Waals surface area contributed by atoms with Crippen LogP contribution in [0.5, 0.6) is 5.75 Å². The molecule has 0 bridgehead atoms. The molecular weight excluding hydrogens is 408 g/mol. The van der Waals surface area contributed by atoms with Gasteiger partial charge in [-0.25, -0.2) is 0 Å². The summed E-state index contributed by atoms with van der Waals surface area (Å²) in [5.74, 6) is 0.863. The third kappa shape index (κ3) is 4.75. The lowest BCUT2D eigenvalue weighted by Crippen LogP contribution is -2.29. The maximum absolute atomic E-state index is 12.8. The number of hydrogen-bond acceptors (Lipinski definition) is 4. The van der Waals surface area contributed by atoms with Crippen molar-refractivity contribution in [3.05, 3.63) is 89.5 Å². The molecule has 1 saturated heterocycles. The van der Waals surface area contributed by atoms with E-state index in [1.54, 1.807) is 11.8 Å². The molecule has 31 heavy (non-hydrogen) atoms. The Hall–Kier alpha value is -3.25. The number of para-hydroxylation sites is 2. The van der Waals surface area contributed by atoms with E-state index in [4.69, 9.17) is 4.74 Å². The third-order valence-electron chi connectivity index (χ3n) is 5.11. The first-order chi connectivity index (χ1) is 15.0. The van der Waals surface area contributed by atoms with Gasteiger partial charge >= 0.3 is 0 Å². The molecule has 1 unspecified atom stereocenters. The summed E-state index contributed by atoms with van der Waals surface area (Å²) >= 11 is 1.57. The van der Waals surface area contributed by atoms with Crippen LogP contribution in [0.4, 0.5) is 11.4 Å². The molecule has 0 aliphatic carbocycles. The number of rotatable bonds is 6. The molecule has 6 heteroatoms. The minimum absolute atomic E-state index is 0.0669. The fraction of sp³-hybridized carbons (Fsp3) is 0.200. The Morgan fingerprint density at radius 2 is 1.81 bits per heavy atom. The van der Waals surface area contributed by atoms with Gasteiger partial charge in [0, 0.05) is 16.9 Å². The molecule has 3 aromatic carbocycles. The SMILES string of the molecule is Cc1ccc(C)c(N2C(=O)CSC2c2ccccc2NC(=O)COc2ccccc2)c1. The molecule has 5 nitrogen and oxygen atoms in total. The second kappa shape index (κ2) is 9.27. The second-order valence-electron chi connectivity index (χ2n) is 7.45. The Bertz CT molecular complexity index is 1100. The molecule has 4 rings (SSSR count). The molecule has 1 atom stereocenters. The zero-order chi connectivity index (χ0) is 21.8. The van der Waals surface area contributed by atoms with Crippen LogP contribution >= 0.6 is 11.8 Å². The number of carbonyl (C=O) groups is 2. The summed E-state index contributed by atoms with van der Waals surface area (Å²) in [7, 11) is 0. The topological polar surface area (TPSA) is 58.6 Å². The average Bonchev–Trinajstić information content (AvgIpc) is 3.16. The van der Waals surface area contributed by atoms with Crippen LogP contribution in [0.2, 0.25) is 0 Å². The lowest BCUT2D eigenvalue weighted by Gasteiger charge is -2.27. The maximum atomic E-state index is 12.8. The first kappa shape index (κ1) is 21.0. The minimum Gasteiger partial charge on any atom is -0.484 e. The van der Waals surface area contributed by atoms with Crippen molar-refractivity contribution in [2.24, 2.45) is 0 Å². The number of ether oxygens (including phenoxy) is 1. The van der Waals surface area contributed by atoms with Gasteiger partial charge in [0.25, 0.3) is 5.91 Å². The Labute approximate surface area is 186 Å². The predicted molar refractivity (Wildman–Crippen MR) is 126 cm³/mol. The van der Waals surface area contributed by atoms with E-state index in [1.807, 2.05) is 91.5 Å². The maximum Gasteiger partial charge on any atom is 0.262 e. The van der Waals surface area contributed by atoms with Gasteiger partial charge in [-0.15, -0.1) is 11.8 Å². The fourth-order valence-electron chi connectivity index (χ4n) is 3.57. The molecule has 0 radical (unpaired) electrons. The average molecular weight is 433 g/mol. The third-order valence-corrected chi connectivity index (χ3v) is 6.30. The number of aryl methyl sites for hydroxylation is 2. The molecule has 158 valence electrons. The summed E-state index contributed by atoms with van der Waals surface area (Å²) in [5.41, 5.74) is 4.64. The van der Waals surface area contributed by atoms with Crippen LogP contribution in [-0.2, 0) is 9.59 Å². The molecule has 0 aromatic heterocycles. The van der Waals surface area contributed by atoms with E-state index in [0.29, 0.717) is 17.2 Å². The summed E-state index contributed by atoms with van der Waals surface area (Å²) in [5, 5.41) is 2.75. The summed E-state index contributed by atoms with van der Waals surface area (Å²) in [6.07, 6.45) is 0. The quantitative estimate of drug-likeness (QED) is 0.589. The van der Waals surface area contributed by atoms with Crippen molar-refractivity contribution in [2.45, 2.75) is 19.2 Å². The van der Waals surface area contributed by atoms with Crippen molar-refractivity contribution in [3.8, 4) is 5.75 Å². The van der Waals surface area contributed by atoms with Crippen molar-refractivity contribution in [3.63, 3.8) is 0 Å². The van der Waals surface area contributed by atoms with Gasteiger partial charge in [-0.1, -0.05) is 48.5 Å². The number of anilines is 2. The first-order valence-electron chi connectivity index (χ1n) is 10.1. The molecule has 1 aliphatic rings. The van der Waals surface area contributed by atoms with Crippen molar-refractivity contribution in [1.29, 1.82) is 0 Å². The Balaban J connectivity index is 1.56. The molecule has 1 N–H and O–H groups in total. The second-order valence-corrected chi connectivity index (χ2v) is 8.52. The van der Waals surface area contributed by atoms with Crippen LogP contribution in [0.1, 0.15) is 22.1 Å². The van der Waals surface area contributed by atoms with Gasteiger partial charge in [-0.2, -0.15) is 0 Å². The van der Waals surface area contributed by atoms with Gasteiger partial charge < -0.3 is 10.1 Å². The van der Waals surface area contributed by atoms with Crippen molar-refractivity contribution in [2.75, 3.05) is 22.6 Å². The molecular formula is C25H24N2O3S. The molecule has 1 fully saturated rings. The van der Waals surface area contributed by atoms with E-state index in [9.17, 15) is 9.59 Å². The van der Waals surface area contributed by atoms with Gasteiger partial charge in [0.2, 0.25) is 5.91 Å². The van der Waals surface area contributed by atoms with Crippen LogP contribution in [-0.4, -0.2) is 24.2 Å². The van der Waals surface area contributed by atoms with Crippen molar-refractivity contribution < 1.29 is 14.3 Å². The standard InChI is InChI=1S/C25H24N2O3S/c1-17-12-13-18(2)22(14-17)27-24(29)16-31-25(27)20-10-6-7-11-21(20)26-23(28)15-30-19-8-4-3-5-9-19/h3-14,25H,15-16H2,1-2H3,(H,26,28). The molecule has 3 aromatic rings. The van der Waals surface area contributed by atoms with Crippen LogP contribution in [0.3, 0.4) is 0 Å². The lowest BCUT2D eigenvalue weighted by molar-refractivity contribution is -0.118. The smallest absolute Gasteiger partial charge is 0.262 e. The summed E-state index contributed by atoms with van der Waals surface area (Å²) in [6.45, 7) is 3.94. The summed E-state index contributed by atoms with van der Waals surface area (Å²) < 4.78 is 5.56. The van der Waals surface area contributed by atoms with E-state index >= 15 is 0 Å².